The summed E-state index contributed by atoms with van der Waals surface area (Å²) in [5.41, 5.74) is -0.791. The quantitative estimate of drug-likeness (QED) is 0.191. The van der Waals surface area contributed by atoms with Gasteiger partial charge in [-0.1, -0.05) is 32.4 Å². The molecule has 37 heavy (non-hydrogen) atoms. The number of alkyl halides is 1. The van der Waals surface area contributed by atoms with Gasteiger partial charge < -0.3 is 26.0 Å². The van der Waals surface area contributed by atoms with Crippen molar-refractivity contribution >= 4 is 46.9 Å². The van der Waals surface area contributed by atoms with Crippen LogP contribution in [0.5, 0.6) is 0 Å². The lowest BCUT2D eigenvalue weighted by molar-refractivity contribution is -0.137. The Kier molecular flexibility index (Phi) is 16.5. The van der Waals surface area contributed by atoms with Crippen LogP contribution in [0.1, 0.15) is 60.3 Å². The fourth-order valence-corrected chi connectivity index (χ4v) is 2.80. The highest BCUT2D eigenvalue weighted by Crippen LogP contribution is 2.12. The van der Waals surface area contributed by atoms with Gasteiger partial charge in [0.25, 0.3) is 0 Å². The highest BCUT2D eigenvalue weighted by Gasteiger charge is 2.21. The number of benzene rings is 1. The van der Waals surface area contributed by atoms with Crippen LogP contribution in [-0.2, 0) is 23.9 Å². The first-order valence-electron chi connectivity index (χ1n) is 12.0. The summed E-state index contributed by atoms with van der Waals surface area (Å²) in [7, 11) is 0. The van der Waals surface area contributed by atoms with Gasteiger partial charge in [0, 0.05) is 6.54 Å². The van der Waals surface area contributed by atoms with E-state index in [2.05, 4.69) is 35.1 Å². The SMILES string of the molecule is CC(C)(C)OC(=O)NCCCCC(NC(=O)CNC(=O)C(=O)Nc1ccccc1F)C(=O)CCl.CCC. The van der Waals surface area contributed by atoms with Gasteiger partial charge in [-0.25, -0.2) is 9.18 Å². The number of para-hydroxylation sites is 1. The molecular formula is C25H38ClFN4O6. The third kappa shape index (κ3) is 16.2. The monoisotopic (exact) mass is 544 g/mol. The number of nitrogens with one attached hydrogen (secondary N) is 4. The van der Waals surface area contributed by atoms with Crippen LogP contribution in [0.4, 0.5) is 14.9 Å². The molecule has 1 rings (SSSR count). The second kappa shape index (κ2) is 18.1. The van der Waals surface area contributed by atoms with Gasteiger partial charge in [-0.05, 0) is 52.2 Å². The smallest absolute Gasteiger partial charge is 0.407 e. The first-order valence-corrected chi connectivity index (χ1v) is 12.6. The number of Topliss-reactive ketones (excluding diaryl/α,β-unsaturated/α-hetero) is 1. The molecular weight excluding hydrogens is 507 g/mol. The van der Waals surface area contributed by atoms with Crippen molar-refractivity contribution < 1.29 is 33.1 Å². The molecule has 10 nitrogen and oxygen atoms in total. The number of carbonyl (C=O) groups excluding carboxylic acids is 5. The molecule has 1 aromatic carbocycles. The number of rotatable bonds is 11. The van der Waals surface area contributed by atoms with E-state index in [0.717, 1.165) is 6.07 Å². The summed E-state index contributed by atoms with van der Waals surface area (Å²) in [6, 6.07) is 4.40. The molecule has 0 aliphatic heterocycles. The van der Waals surface area contributed by atoms with Crippen molar-refractivity contribution in [2.24, 2.45) is 0 Å². The highest BCUT2D eigenvalue weighted by atomic mass is 35.5. The average Bonchev–Trinajstić information content (AvgIpc) is 2.81. The molecule has 1 atom stereocenters. The third-order valence-corrected chi connectivity index (χ3v) is 4.44. The van der Waals surface area contributed by atoms with Crippen molar-refractivity contribution in [3.8, 4) is 0 Å². The fourth-order valence-electron chi connectivity index (χ4n) is 2.61. The number of ether oxygens (including phenoxy) is 1. The van der Waals surface area contributed by atoms with E-state index in [1.165, 1.54) is 24.6 Å². The Hall–Kier alpha value is -3.21. The van der Waals surface area contributed by atoms with E-state index in [-0.39, 0.29) is 18.0 Å². The van der Waals surface area contributed by atoms with Crippen molar-refractivity contribution in [3.63, 3.8) is 0 Å². The predicted molar refractivity (Wildman–Crippen MR) is 140 cm³/mol. The van der Waals surface area contributed by atoms with Crippen molar-refractivity contribution in [1.82, 2.24) is 16.0 Å². The Morgan fingerprint density at radius 2 is 1.62 bits per heavy atom. The Balaban J connectivity index is 0.00000410. The van der Waals surface area contributed by atoms with Crippen LogP contribution in [0.3, 0.4) is 0 Å². The van der Waals surface area contributed by atoms with Gasteiger partial charge >= 0.3 is 17.9 Å². The number of hydrogen-bond acceptors (Lipinski definition) is 6. The van der Waals surface area contributed by atoms with Gasteiger partial charge in [-0.3, -0.25) is 19.2 Å². The Bertz CT molecular complexity index is 907. The van der Waals surface area contributed by atoms with E-state index in [1.807, 2.05) is 0 Å². The Morgan fingerprint density at radius 3 is 2.19 bits per heavy atom. The molecule has 0 saturated heterocycles. The highest BCUT2D eigenvalue weighted by molar-refractivity contribution is 6.39. The lowest BCUT2D eigenvalue weighted by atomic mass is 10.1. The van der Waals surface area contributed by atoms with Gasteiger partial charge in [-0.15, -0.1) is 11.6 Å². The lowest BCUT2D eigenvalue weighted by Gasteiger charge is -2.20. The first-order chi connectivity index (χ1) is 17.3. The van der Waals surface area contributed by atoms with Crippen molar-refractivity contribution in [2.45, 2.75) is 71.9 Å². The van der Waals surface area contributed by atoms with Crippen LogP contribution in [0.15, 0.2) is 24.3 Å². The van der Waals surface area contributed by atoms with Crippen molar-refractivity contribution in [2.75, 3.05) is 24.3 Å². The van der Waals surface area contributed by atoms with E-state index >= 15 is 0 Å². The van der Waals surface area contributed by atoms with E-state index < -0.39 is 53.6 Å². The second-order valence-electron chi connectivity index (χ2n) is 8.97. The fraction of sp³-hybridized carbons (Fsp3) is 0.560. The van der Waals surface area contributed by atoms with E-state index in [1.54, 1.807) is 20.8 Å². The molecule has 0 aliphatic carbocycles. The molecule has 4 amide bonds. The molecule has 0 aliphatic rings. The summed E-state index contributed by atoms with van der Waals surface area (Å²) >= 11 is 5.60. The standard InChI is InChI=1S/C22H30ClFN4O6.C3H8/c1-22(2,3)34-21(33)25-11-7-6-10-16(17(29)12-23)27-18(30)13-26-19(31)20(32)28-15-9-5-4-8-14(15)24;1-3-2/h4-5,8-9,16H,6-7,10-13H2,1-3H3,(H,25,33)(H,26,31)(H,27,30)(H,28,32);3H2,1-2H3. The van der Waals surface area contributed by atoms with Crippen LogP contribution in [0.25, 0.3) is 0 Å². The number of alkyl carbamates (subject to hydrolysis) is 1. The molecule has 0 aromatic heterocycles. The third-order valence-electron chi connectivity index (χ3n) is 4.18. The summed E-state index contributed by atoms with van der Waals surface area (Å²) in [4.78, 5) is 59.5. The van der Waals surface area contributed by atoms with Crippen LogP contribution in [0.2, 0.25) is 0 Å². The zero-order valence-electron chi connectivity index (χ0n) is 22.0. The summed E-state index contributed by atoms with van der Waals surface area (Å²) in [6.45, 7) is 9.23. The van der Waals surface area contributed by atoms with E-state index in [4.69, 9.17) is 16.3 Å². The molecule has 0 heterocycles. The van der Waals surface area contributed by atoms with Crippen molar-refractivity contribution in [3.05, 3.63) is 30.1 Å². The molecule has 1 aromatic rings. The van der Waals surface area contributed by atoms with E-state index in [9.17, 15) is 28.4 Å². The lowest BCUT2D eigenvalue weighted by Crippen LogP contribution is -2.47. The molecule has 4 N–H and O–H groups in total. The molecule has 0 fully saturated rings. The molecule has 0 spiro atoms. The number of carbonyl (C=O) groups is 5. The van der Waals surface area contributed by atoms with Gasteiger partial charge in [0.1, 0.15) is 11.4 Å². The van der Waals surface area contributed by atoms with E-state index in [0.29, 0.717) is 19.4 Å². The van der Waals surface area contributed by atoms with Gasteiger partial charge in [-0.2, -0.15) is 0 Å². The summed E-state index contributed by atoms with van der Waals surface area (Å²) in [6.07, 6.45) is 1.97. The summed E-state index contributed by atoms with van der Waals surface area (Å²) in [5.74, 6) is -4.46. The summed E-state index contributed by atoms with van der Waals surface area (Å²) < 4.78 is 18.7. The number of ketones is 1. The second-order valence-corrected chi connectivity index (χ2v) is 9.24. The Morgan fingerprint density at radius 1 is 1.00 bits per heavy atom. The normalized spacial score (nSPS) is 11.2. The number of halogens is 2. The largest absolute Gasteiger partial charge is 0.444 e. The van der Waals surface area contributed by atoms with Crippen LogP contribution in [-0.4, -0.2) is 60.2 Å². The average molecular weight is 545 g/mol. The molecule has 0 radical (unpaired) electrons. The zero-order chi connectivity index (χ0) is 28.4. The van der Waals surface area contributed by atoms with Gasteiger partial charge in [0.2, 0.25) is 5.91 Å². The Labute approximate surface area is 222 Å². The number of anilines is 1. The minimum Gasteiger partial charge on any atom is -0.444 e. The minimum atomic E-state index is -1.15. The molecule has 0 saturated carbocycles. The molecule has 12 heteroatoms. The topological polar surface area (TPSA) is 143 Å². The van der Waals surface area contributed by atoms with Crippen LogP contribution >= 0.6 is 11.6 Å². The predicted octanol–water partition coefficient (Wildman–Crippen LogP) is 3.28. The van der Waals surface area contributed by atoms with Crippen LogP contribution < -0.4 is 21.3 Å². The minimum absolute atomic E-state index is 0.180. The van der Waals surface area contributed by atoms with Crippen molar-refractivity contribution in [1.29, 1.82) is 0 Å². The maximum Gasteiger partial charge on any atom is 0.407 e. The van der Waals surface area contributed by atoms with Crippen LogP contribution in [0, 0.1) is 5.82 Å². The van der Waals surface area contributed by atoms with Gasteiger partial charge in [0.05, 0.1) is 24.2 Å². The number of unbranched alkanes of at least 4 members (excludes halogenated alkanes) is 1. The van der Waals surface area contributed by atoms with Gasteiger partial charge in [0.15, 0.2) is 5.78 Å². The number of amides is 4. The summed E-state index contributed by atoms with van der Waals surface area (Å²) in [5, 5.41) is 9.25. The molecule has 0 bridgehead atoms. The zero-order valence-corrected chi connectivity index (χ0v) is 22.8. The molecule has 1 unspecified atom stereocenters. The maximum absolute atomic E-state index is 13.6. The maximum atomic E-state index is 13.6. The first kappa shape index (κ1) is 33.8. The number of hydrogen-bond donors (Lipinski definition) is 4. The molecule has 208 valence electrons.